The summed E-state index contributed by atoms with van der Waals surface area (Å²) < 4.78 is 22.1. The molecule has 10 nitrogen and oxygen atoms in total. The zero-order valence-corrected chi connectivity index (χ0v) is 34.5. The number of carbonyl (C=O) groups is 2. The van der Waals surface area contributed by atoms with Gasteiger partial charge in [-0.2, -0.15) is 0 Å². The van der Waals surface area contributed by atoms with E-state index in [2.05, 4.69) is 37.8 Å². The van der Waals surface area contributed by atoms with Crippen molar-refractivity contribution in [3.63, 3.8) is 0 Å². The van der Waals surface area contributed by atoms with E-state index in [9.17, 15) is 30.0 Å². The Kier molecular flexibility index (Phi) is 33.6. The van der Waals surface area contributed by atoms with Crippen LogP contribution in [0.5, 0.6) is 0 Å². The predicted molar refractivity (Wildman–Crippen MR) is 219 cm³/mol. The number of rotatable bonds is 37. The molecule has 1 rings (SSSR count). The summed E-state index contributed by atoms with van der Waals surface area (Å²) in [6.45, 7) is 4.90. The van der Waals surface area contributed by atoms with Gasteiger partial charge in [0.2, 0.25) is 0 Å². The highest BCUT2D eigenvalue weighted by molar-refractivity contribution is 5.70. The molecule has 55 heavy (non-hydrogen) atoms. The molecular weight excluding hydrogens is 700 g/mol. The number of aliphatic hydroxyl groups is 4. The number of aliphatic hydroxyl groups excluding tert-OH is 4. The first-order valence-electron chi connectivity index (χ1n) is 22.0. The Hall–Kier alpha value is -2.08. The summed E-state index contributed by atoms with van der Waals surface area (Å²) in [4.78, 5) is 25.3. The molecule has 0 saturated carbocycles. The molecule has 6 atom stereocenters. The van der Waals surface area contributed by atoms with Crippen LogP contribution < -0.4 is 0 Å². The minimum absolute atomic E-state index is 0.187. The normalized spacial score (nSPS) is 20.6. The van der Waals surface area contributed by atoms with E-state index < -0.39 is 49.4 Å². The van der Waals surface area contributed by atoms with E-state index in [1.165, 1.54) is 96.3 Å². The molecule has 0 bridgehead atoms. The van der Waals surface area contributed by atoms with Crippen LogP contribution in [-0.2, 0) is 28.5 Å². The van der Waals surface area contributed by atoms with Crippen molar-refractivity contribution in [2.75, 3.05) is 19.8 Å². The number of unbranched alkanes of at least 4 members (excludes halogenated alkanes) is 21. The molecule has 1 heterocycles. The lowest BCUT2D eigenvalue weighted by molar-refractivity contribution is -0.305. The fraction of sp³-hybridized carbons (Fsp3) is 0.822. The van der Waals surface area contributed by atoms with Crippen molar-refractivity contribution < 1.29 is 49.0 Å². The topological polar surface area (TPSA) is 152 Å². The van der Waals surface area contributed by atoms with Crippen molar-refractivity contribution in [3.8, 4) is 0 Å². The number of hydrogen-bond acceptors (Lipinski definition) is 10. The molecule has 0 aromatic heterocycles. The molecule has 1 aliphatic heterocycles. The second-order valence-corrected chi connectivity index (χ2v) is 15.2. The summed E-state index contributed by atoms with van der Waals surface area (Å²) in [5.74, 6) is -0.846. The third kappa shape index (κ3) is 28.0. The highest BCUT2D eigenvalue weighted by Gasteiger charge is 2.44. The number of esters is 2. The van der Waals surface area contributed by atoms with Crippen LogP contribution in [-0.4, -0.2) is 89.0 Å². The molecule has 1 saturated heterocycles. The Balaban J connectivity index is 2.35. The maximum atomic E-state index is 12.7. The maximum absolute atomic E-state index is 12.7. The van der Waals surface area contributed by atoms with Crippen molar-refractivity contribution in [1.82, 2.24) is 0 Å². The second-order valence-electron chi connectivity index (χ2n) is 15.2. The van der Waals surface area contributed by atoms with E-state index in [0.29, 0.717) is 6.42 Å². The van der Waals surface area contributed by atoms with Crippen molar-refractivity contribution in [2.45, 2.75) is 217 Å². The highest BCUT2D eigenvalue weighted by Crippen LogP contribution is 2.22. The molecule has 0 radical (unpaired) electrons. The van der Waals surface area contributed by atoms with Crippen LogP contribution in [0.2, 0.25) is 0 Å². The average Bonchev–Trinajstić information content (AvgIpc) is 3.18. The smallest absolute Gasteiger partial charge is 0.306 e. The van der Waals surface area contributed by atoms with E-state index in [0.717, 1.165) is 57.8 Å². The molecule has 0 amide bonds. The van der Waals surface area contributed by atoms with Crippen molar-refractivity contribution in [1.29, 1.82) is 0 Å². The minimum atomic E-state index is -1.60. The Morgan fingerprint density at radius 3 is 1.67 bits per heavy atom. The van der Waals surface area contributed by atoms with Gasteiger partial charge in [0.25, 0.3) is 0 Å². The van der Waals surface area contributed by atoms with Crippen LogP contribution in [0.1, 0.15) is 180 Å². The summed E-state index contributed by atoms with van der Waals surface area (Å²) >= 11 is 0. The number of hydrogen-bond donors (Lipinski definition) is 4. The summed E-state index contributed by atoms with van der Waals surface area (Å²) in [5, 5.41) is 40.0. The molecule has 10 heteroatoms. The maximum Gasteiger partial charge on any atom is 0.306 e. The Bertz CT molecular complexity index is 983. The summed E-state index contributed by atoms with van der Waals surface area (Å²) in [5.41, 5.74) is 0. The zero-order chi connectivity index (χ0) is 40.2. The lowest BCUT2D eigenvalue weighted by Crippen LogP contribution is -2.59. The molecule has 0 spiro atoms. The number of ether oxygens (including phenoxy) is 4. The van der Waals surface area contributed by atoms with Gasteiger partial charge in [-0.05, 0) is 57.8 Å². The van der Waals surface area contributed by atoms with Gasteiger partial charge in [-0.25, -0.2) is 0 Å². The molecule has 0 aromatic carbocycles. The van der Waals surface area contributed by atoms with E-state index in [-0.39, 0.29) is 32.0 Å². The average molecular weight is 781 g/mol. The van der Waals surface area contributed by atoms with Crippen LogP contribution in [0.25, 0.3) is 0 Å². The van der Waals surface area contributed by atoms with Crippen molar-refractivity contribution in [3.05, 3.63) is 37.0 Å². The van der Waals surface area contributed by atoms with Gasteiger partial charge in [0.05, 0.1) is 13.2 Å². The summed E-state index contributed by atoms with van der Waals surface area (Å²) in [7, 11) is 0. The lowest BCUT2D eigenvalue weighted by Gasteiger charge is -2.39. The first kappa shape index (κ1) is 50.9. The van der Waals surface area contributed by atoms with Gasteiger partial charge in [-0.3, -0.25) is 9.59 Å². The van der Waals surface area contributed by atoms with Gasteiger partial charge in [0, 0.05) is 12.8 Å². The van der Waals surface area contributed by atoms with Gasteiger partial charge in [0.1, 0.15) is 31.0 Å². The third-order valence-corrected chi connectivity index (χ3v) is 10.1. The van der Waals surface area contributed by atoms with Gasteiger partial charge in [-0.1, -0.05) is 140 Å². The van der Waals surface area contributed by atoms with Crippen LogP contribution >= 0.6 is 0 Å². The molecule has 0 aliphatic carbocycles. The zero-order valence-electron chi connectivity index (χ0n) is 34.5. The van der Waals surface area contributed by atoms with Gasteiger partial charge in [0.15, 0.2) is 12.4 Å². The van der Waals surface area contributed by atoms with E-state index >= 15 is 0 Å². The molecule has 4 N–H and O–H groups in total. The molecule has 0 aromatic rings. The van der Waals surface area contributed by atoms with E-state index in [1.54, 1.807) is 0 Å². The minimum Gasteiger partial charge on any atom is -0.462 e. The monoisotopic (exact) mass is 781 g/mol. The van der Waals surface area contributed by atoms with Gasteiger partial charge >= 0.3 is 11.9 Å². The quantitative estimate of drug-likeness (QED) is 0.0273. The van der Waals surface area contributed by atoms with Gasteiger partial charge in [-0.15, -0.1) is 6.58 Å². The first-order chi connectivity index (χ1) is 26.8. The fourth-order valence-electron chi connectivity index (χ4n) is 6.61. The standard InChI is InChI=1S/C45H80O10/c1-3-5-7-9-11-13-15-17-19-21-23-25-27-29-31-33-40(47)52-36-38(37-53-45-44(51)43(50)42(49)39(35-46)55-45)54-41(48)34-32-30-28-26-24-22-20-18-16-14-12-10-8-6-4-2/h3,18,20,24,26,38-39,42-46,49-51H,1,4-17,19,21-23,25,27-37H2,2H3/b20-18+,26-24+/t38-,39-,42+,43?,44?,45-/m0/s1. The van der Waals surface area contributed by atoms with Crippen molar-refractivity contribution >= 4 is 11.9 Å². The number of allylic oxidation sites excluding steroid dienone is 5. The fourth-order valence-corrected chi connectivity index (χ4v) is 6.61. The highest BCUT2D eigenvalue weighted by atomic mass is 16.7. The summed E-state index contributed by atoms with van der Waals surface area (Å²) in [6, 6.07) is 0. The molecular formula is C45H80O10. The van der Waals surface area contributed by atoms with Gasteiger partial charge < -0.3 is 39.4 Å². The molecule has 1 fully saturated rings. The molecule has 320 valence electrons. The van der Waals surface area contributed by atoms with E-state index in [1.807, 2.05) is 6.08 Å². The van der Waals surface area contributed by atoms with Crippen LogP contribution in [0.3, 0.4) is 0 Å². The third-order valence-electron chi connectivity index (χ3n) is 10.1. The SMILES string of the molecule is C=CCCCCCCCCCCCCCCCC(=O)OC[C@@H](CO[C@H]1O[C@@H](CO)[C@@H](O)C(O)C1O)OC(=O)CCCC/C=C/C/C=C/CCCCCCCC. The van der Waals surface area contributed by atoms with E-state index in [4.69, 9.17) is 18.9 Å². The first-order valence-corrected chi connectivity index (χ1v) is 22.0. The predicted octanol–water partition coefficient (Wildman–Crippen LogP) is 9.11. The van der Waals surface area contributed by atoms with Crippen LogP contribution in [0, 0.1) is 0 Å². The summed E-state index contributed by atoms with van der Waals surface area (Å²) in [6.07, 6.45) is 31.9. The van der Waals surface area contributed by atoms with Crippen LogP contribution in [0.4, 0.5) is 0 Å². The Labute approximate surface area is 334 Å². The number of carbonyl (C=O) groups excluding carboxylic acids is 2. The Morgan fingerprint density at radius 2 is 1.11 bits per heavy atom. The van der Waals surface area contributed by atoms with Crippen LogP contribution in [0.15, 0.2) is 37.0 Å². The second kappa shape index (κ2) is 36.3. The largest absolute Gasteiger partial charge is 0.462 e. The molecule has 1 aliphatic rings. The lowest BCUT2D eigenvalue weighted by atomic mass is 9.99. The van der Waals surface area contributed by atoms with Crippen molar-refractivity contribution in [2.24, 2.45) is 0 Å². The molecule has 2 unspecified atom stereocenters. The Morgan fingerprint density at radius 1 is 0.618 bits per heavy atom.